The molecule has 1 saturated heterocycles. The number of sulfonamides is 1. The molecule has 1 heterocycles. The van der Waals surface area contributed by atoms with Crippen molar-refractivity contribution in [3.8, 4) is 0 Å². The number of rotatable bonds is 3. The van der Waals surface area contributed by atoms with E-state index in [0.29, 0.717) is 13.1 Å². The van der Waals surface area contributed by atoms with Gasteiger partial charge in [-0.1, -0.05) is 34.8 Å². The molecule has 2 atom stereocenters. The van der Waals surface area contributed by atoms with Gasteiger partial charge in [-0.2, -0.15) is 4.31 Å². The lowest BCUT2D eigenvalue weighted by Gasteiger charge is -2.26. The standard InChI is InChI=1S/C11H13Cl3N2O3S/c1-16(9-4-15-5-10(9)17)20(18,19)11-7(13)2-6(12)3-8(11)14/h2-3,9-10,15,17H,4-5H2,1H3/t9-,10-/m0/s1. The molecule has 1 aromatic carbocycles. The van der Waals surface area contributed by atoms with Crippen molar-refractivity contribution in [2.45, 2.75) is 17.0 Å². The summed E-state index contributed by atoms with van der Waals surface area (Å²) in [4.78, 5) is -0.202. The third-order valence-corrected chi connectivity index (χ3v) is 6.24. The maximum atomic E-state index is 12.6. The minimum atomic E-state index is -3.92. The highest BCUT2D eigenvalue weighted by molar-refractivity contribution is 7.89. The second kappa shape index (κ2) is 5.96. The third-order valence-electron chi connectivity index (χ3n) is 3.22. The second-order valence-electron chi connectivity index (χ2n) is 4.51. The molecule has 0 spiro atoms. The smallest absolute Gasteiger partial charge is 0.246 e. The zero-order valence-electron chi connectivity index (χ0n) is 10.5. The average Bonchev–Trinajstić information content (AvgIpc) is 2.72. The molecule has 0 aliphatic carbocycles. The minimum Gasteiger partial charge on any atom is -0.390 e. The molecule has 0 amide bonds. The fourth-order valence-electron chi connectivity index (χ4n) is 2.12. The second-order valence-corrected chi connectivity index (χ2v) is 7.70. The summed E-state index contributed by atoms with van der Waals surface area (Å²) in [6.45, 7) is 0.701. The van der Waals surface area contributed by atoms with E-state index in [1.54, 1.807) is 0 Å². The zero-order valence-corrected chi connectivity index (χ0v) is 13.6. The number of benzene rings is 1. The molecule has 0 unspecified atom stereocenters. The van der Waals surface area contributed by atoms with E-state index in [4.69, 9.17) is 34.8 Å². The number of hydrogen-bond donors (Lipinski definition) is 2. The normalized spacial score (nSPS) is 23.5. The molecule has 0 bridgehead atoms. The Morgan fingerprint density at radius 2 is 1.80 bits per heavy atom. The van der Waals surface area contributed by atoms with E-state index >= 15 is 0 Å². The SMILES string of the molecule is CN([C@H]1CNC[C@@H]1O)S(=O)(=O)c1c(Cl)cc(Cl)cc1Cl. The predicted molar refractivity (Wildman–Crippen MR) is 79.1 cm³/mol. The van der Waals surface area contributed by atoms with Gasteiger partial charge in [0.25, 0.3) is 0 Å². The van der Waals surface area contributed by atoms with E-state index in [-0.39, 0.29) is 20.0 Å². The quantitative estimate of drug-likeness (QED) is 0.860. The van der Waals surface area contributed by atoms with Crippen LogP contribution < -0.4 is 5.32 Å². The predicted octanol–water partition coefficient (Wildman–Crippen LogP) is 1.60. The Morgan fingerprint density at radius 1 is 1.25 bits per heavy atom. The van der Waals surface area contributed by atoms with Crippen molar-refractivity contribution < 1.29 is 13.5 Å². The van der Waals surface area contributed by atoms with Gasteiger partial charge in [0.1, 0.15) is 4.90 Å². The molecule has 0 radical (unpaired) electrons. The fourth-order valence-corrected chi connectivity index (χ4v) is 4.99. The molecule has 0 aromatic heterocycles. The Balaban J connectivity index is 2.45. The highest BCUT2D eigenvalue weighted by Crippen LogP contribution is 2.35. The van der Waals surface area contributed by atoms with Gasteiger partial charge in [-0.05, 0) is 12.1 Å². The highest BCUT2D eigenvalue weighted by atomic mass is 35.5. The van der Waals surface area contributed by atoms with Crippen LogP contribution >= 0.6 is 34.8 Å². The molecule has 5 nitrogen and oxygen atoms in total. The van der Waals surface area contributed by atoms with Gasteiger partial charge in [0.05, 0.1) is 22.2 Å². The minimum absolute atomic E-state index is 0.0465. The monoisotopic (exact) mass is 358 g/mol. The summed E-state index contributed by atoms with van der Waals surface area (Å²) >= 11 is 17.7. The summed E-state index contributed by atoms with van der Waals surface area (Å²) < 4.78 is 26.3. The third kappa shape index (κ3) is 2.92. The number of nitrogens with zero attached hydrogens (tertiary/aromatic N) is 1. The molecule has 20 heavy (non-hydrogen) atoms. The summed E-state index contributed by atoms with van der Waals surface area (Å²) in [5.41, 5.74) is 0. The van der Waals surface area contributed by atoms with Crippen LogP contribution in [0.5, 0.6) is 0 Å². The Labute approximate surface area is 132 Å². The highest BCUT2D eigenvalue weighted by Gasteiger charge is 2.37. The maximum Gasteiger partial charge on any atom is 0.246 e. The Hall–Kier alpha value is -0.0800. The zero-order chi connectivity index (χ0) is 15.1. The van der Waals surface area contributed by atoms with Gasteiger partial charge in [0, 0.05) is 25.2 Å². The van der Waals surface area contributed by atoms with Crippen LogP contribution in [0, 0.1) is 0 Å². The number of hydrogen-bond acceptors (Lipinski definition) is 4. The van der Waals surface area contributed by atoms with Crippen LogP contribution in [0.25, 0.3) is 0 Å². The van der Waals surface area contributed by atoms with E-state index in [1.807, 2.05) is 0 Å². The van der Waals surface area contributed by atoms with Crippen LogP contribution in [0.1, 0.15) is 0 Å². The van der Waals surface area contributed by atoms with E-state index in [9.17, 15) is 13.5 Å². The summed E-state index contributed by atoms with van der Waals surface area (Å²) in [5.74, 6) is 0. The number of aliphatic hydroxyl groups excluding tert-OH is 1. The number of nitrogens with one attached hydrogen (secondary N) is 1. The summed E-state index contributed by atoms with van der Waals surface area (Å²) in [6.07, 6.45) is -0.778. The molecule has 112 valence electrons. The van der Waals surface area contributed by atoms with Gasteiger partial charge in [0.15, 0.2) is 0 Å². The van der Waals surface area contributed by atoms with E-state index < -0.39 is 22.2 Å². The van der Waals surface area contributed by atoms with Crippen molar-refractivity contribution in [3.63, 3.8) is 0 Å². The largest absolute Gasteiger partial charge is 0.390 e. The molecule has 1 aromatic rings. The average molecular weight is 360 g/mol. The topological polar surface area (TPSA) is 69.6 Å². The van der Waals surface area contributed by atoms with Crippen LogP contribution in [-0.4, -0.2) is 50.1 Å². The van der Waals surface area contributed by atoms with E-state index in [2.05, 4.69) is 5.32 Å². The lowest BCUT2D eigenvalue weighted by Crippen LogP contribution is -2.44. The van der Waals surface area contributed by atoms with Gasteiger partial charge in [-0.3, -0.25) is 0 Å². The van der Waals surface area contributed by atoms with Crippen molar-refractivity contribution >= 4 is 44.8 Å². The molecule has 9 heteroatoms. The Morgan fingerprint density at radius 3 is 2.25 bits per heavy atom. The van der Waals surface area contributed by atoms with E-state index in [1.165, 1.54) is 19.2 Å². The summed E-state index contributed by atoms with van der Waals surface area (Å²) in [5, 5.41) is 12.9. The van der Waals surface area contributed by atoms with Crippen LogP contribution in [0.2, 0.25) is 15.1 Å². The molecular formula is C11H13Cl3N2O3S. The first-order chi connectivity index (χ1) is 9.25. The maximum absolute atomic E-state index is 12.6. The molecule has 1 fully saturated rings. The van der Waals surface area contributed by atoms with Crippen molar-refractivity contribution in [3.05, 3.63) is 27.2 Å². The molecule has 0 saturated carbocycles. The molecule has 2 rings (SSSR count). The van der Waals surface area contributed by atoms with Gasteiger partial charge < -0.3 is 10.4 Å². The summed E-state index contributed by atoms with van der Waals surface area (Å²) in [7, 11) is -2.54. The van der Waals surface area contributed by atoms with Crippen LogP contribution in [-0.2, 0) is 10.0 Å². The summed E-state index contributed by atoms with van der Waals surface area (Å²) in [6, 6.07) is 2.07. The molecule has 2 N–H and O–H groups in total. The van der Waals surface area contributed by atoms with Gasteiger partial charge in [-0.25, -0.2) is 8.42 Å². The van der Waals surface area contributed by atoms with Gasteiger partial charge >= 0.3 is 0 Å². The number of β-amino-alcohol motifs (C(OH)–C–C–N with tert-alkyl or cyclic N) is 1. The van der Waals surface area contributed by atoms with Gasteiger partial charge in [0.2, 0.25) is 10.0 Å². The first kappa shape index (κ1) is 16.3. The van der Waals surface area contributed by atoms with Crippen LogP contribution in [0.15, 0.2) is 17.0 Å². The van der Waals surface area contributed by atoms with Crippen molar-refractivity contribution in [2.75, 3.05) is 20.1 Å². The molecule has 1 aliphatic rings. The lowest BCUT2D eigenvalue weighted by molar-refractivity contribution is 0.136. The van der Waals surface area contributed by atoms with Crippen molar-refractivity contribution in [1.29, 1.82) is 0 Å². The van der Waals surface area contributed by atoms with Crippen molar-refractivity contribution in [2.24, 2.45) is 0 Å². The van der Waals surface area contributed by atoms with E-state index in [0.717, 1.165) is 4.31 Å². The lowest BCUT2D eigenvalue weighted by atomic mass is 10.2. The van der Waals surface area contributed by atoms with Crippen molar-refractivity contribution in [1.82, 2.24) is 9.62 Å². The first-order valence-electron chi connectivity index (χ1n) is 5.76. The van der Waals surface area contributed by atoms with Gasteiger partial charge in [-0.15, -0.1) is 0 Å². The number of halogens is 3. The Kier molecular flexibility index (Phi) is 4.86. The Bertz CT molecular complexity index is 600. The van der Waals surface area contributed by atoms with Crippen LogP contribution in [0.4, 0.5) is 0 Å². The fraction of sp³-hybridized carbons (Fsp3) is 0.455. The first-order valence-corrected chi connectivity index (χ1v) is 8.34. The van der Waals surface area contributed by atoms with Crippen LogP contribution in [0.3, 0.4) is 0 Å². The molecule has 1 aliphatic heterocycles. The molecular weight excluding hydrogens is 347 g/mol. The number of likely N-dealkylation sites (N-methyl/N-ethyl adjacent to an activating group) is 1. The number of aliphatic hydroxyl groups is 1.